The van der Waals surface area contributed by atoms with E-state index in [0.717, 1.165) is 16.6 Å². The highest BCUT2D eigenvalue weighted by molar-refractivity contribution is 6.11. The third kappa shape index (κ3) is 4.95. The summed E-state index contributed by atoms with van der Waals surface area (Å²) in [6, 6.07) is 14.4. The van der Waals surface area contributed by atoms with Gasteiger partial charge in [0.1, 0.15) is 5.75 Å². The van der Waals surface area contributed by atoms with Crippen molar-refractivity contribution < 1.29 is 23.9 Å². The SMILES string of the molecule is CC(=O)c1ccc(OCCCC(=O)O[C@@H](C)C(=O)c2c(C)[nH]c3ccccc23)cc1. The molecule has 0 saturated heterocycles. The van der Waals surface area contributed by atoms with Crippen LogP contribution in [0.1, 0.15) is 53.1 Å². The number of carbonyl (C=O) groups excluding carboxylic acids is 3. The number of ketones is 2. The first kappa shape index (κ1) is 21.3. The Kier molecular flexibility index (Phi) is 6.67. The van der Waals surface area contributed by atoms with Gasteiger partial charge in [0, 0.05) is 34.1 Å². The smallest absolute Gasteiger partial charge is 0.306 e. The number of hydrogen-bond acceptors (Lipinski definition) is 5. The van der Waals surface area contributed by atoms with Gasteiger partial charge in [0.2, 0.25) is 5.78 Å². The van der Waals surface area contributed by atoms with Gasteiger partial charge in [-0.3, -0.25) is 14.4 Å². The van der Waals surface area contributed by atoms with Crippen molar-refractivity contribution >= 4 is 28.4 Å². The minimum Gasteiger partial charge on any atom is -0.494 e. The number of ether oxygens (including phenoxy) is 2. The summed E-state index contributed by atoms with van der Waals surface area (Å²) >= 11 is 0. The number of fused-ring (bicyclic) bond motifs is 1. The Balaban J connectivity index is 1.48. The van der Waals surface area contributed by atoms with Crippen LogP contribution in [0, 0.1) is 6.92 Å². The fourth-order valence-corrected chi connectivity index (χ4v) is 3.30. The molecule has 0 unspecified atom stereocenters. The molecule has 0 amide bonds. The number of benzene rings is 2. The highest BCUT2D eigenvalue weighted by Crippen LogP contribution is 2.24. The van der Waals surface area contributed by atoms with Crippen molar-refractivity contribution in [1.29, 1.82) is 0 Å². The van der Waals surface area contributed by atoms with Crippen molar-refractivity contribution in [3.63, 3.8) is 0 Å². The summed E-state index contributed by atoms with van der Waals surface area (Å²) < 4.78 is 10.9. The molecule has 0 saturated carbocycles. The molecule has 0 aliphatic rings. The largest absolute Gasteiger partial charge is 0.494 e. The number of Topliss-reactive ketones (excluding diaryl/α,β-unsaturated/α-hetero) is 2. The van der Waals surface area contributed by atoms with Gasteiger partial charge < -0.3 is 14.5 Å². The molecule has 0 radical (unpaired) electrons. The van der Waals surface area contributed by atoms with Crippen LogP contribution in [0.4, 0.5) is 0 Å². The van der Waals surface area contributed by atoms with Crippen LogP contribution in [0.5, 0.6) is 5.75 Å². The predicted octanol–water partition coefficient (Wildman–Crippen LogP) is 4.65. The van der Waals surface area contributed by atoms with Gasteiger partial charge in [-0.2, -0.15) is 0 Å². The van der Waals surface area contributed by atoms with E-state index in [0.29, 0.717) is 29.9 Å². The molecule has 6 nitrogen and oxygen atoms in total. The standard InChI is InChI=1S/C24H25NO5/c1-15-23(20-7-4-5-8-21(20)25-15)24(28)17(3)30-22(27)9-6-14-29-19-12-10-18(11-13-19)16(2)26/h4-5,7-8,10-13,17,25H,6,9,14H2,1-3H3/t17-/m0/s1. The molecule has 30 heavy (non-hydrogen) atoms. The Morgan fingerprint density at radius 3 is 2.43 bits per heavy atom. The predicted molar refractivity (Wildman–Crippen MR) is 114 cm³/mol. The van der Waals surface area contributed by atoms with Crippen LogP contribution < -0.4 is 4.74 Å². The first-order valence-electron chi connectivity index (χ1n) is 9.91. The molecule has 1 atom stereocenters. The third-order valence-electron chi connectivity index (χ3n) is 4.87. The summed E-state index contributed by atoms with van der Waals surface area (Å²) in [5.41, 5.74) is 2.82. The molecule has 2 aromatic carbocycles. The van der Waals surface area contributed by atoms with E-state index in [9.17, 15) is 14.4 Å². The van der Waals surface area contributed by atoms with E-state index in [2.05, 4.69) is 4.98 Å². The number of para-hydroxylation sites is 1. The lowest BCUT2D eigenvalue weighted by Crippen LogP contribution is -2.25. The van der Waals surface area contributed by atoms with Crippen LogP contribution in [-0.2, 0) is 9.53 Å². The number of nitrogens with one attached hydrogen (secondary N) is 1. The zero-order chi connectivity index (χ0) is 21.7. The molecule has 0 aliphatic heterocycles. The summed E-state index contributed by atoms with van der Waals surface area (Å²) in [4.78, 5) is 39.4. The molecule has 156 valence electrons. The van der Waals surface area contributed by atoms with Crippen LogP contribution in [0.3, 0.4) is 0 Å². The van der Waals surface area contributed by atoms with E-state index in [-0.39, 0.29) is 18.0 Å². The number of H-pyrrole nitrogens is 1. The summed E-state index contributed by atoms with van der Waals surface area (Å²) in [5, 5.41) is 0.826. The van der Waals surface area contributed by atoms with E-state index in [1.54, 1.807) is 31.2 Å². The molecule has 0 bridgehead atoms. The number of aromatic nitrogens is 1. The monoisotopic (exact) mass is 407 g/mol. The minimum atomic E-state index is -0.865. The van der Waals surface area contributed by atoms with Crippen LogP contribution >= 0.6 is 0 Å². The van der Waals surface area contributed by atoms with Crippen LogP contribution in [0.25, 0.3) is 10.9 Å². The molecule has 1 heterocycles. The van der Waals surface area contributed by atoms with Crippen molar-refractivity contribution in [2.75, 3.05) is 6.61 Å². The normalized spacial score (nSPS) is 11.8. The van der Waals surface area contributed by atoms with Crippen molar-refractivity contribution in [3.8, 4) is 5.75 Å². The molecule has 3 aromatic rings. The quantitative estimate of drug-likeness (QED) is 0.317. The molecular weight excluding hydrogens is 382 g/mol. The van der Waals surface area contributed by atoms with Crippen molar-refractivity contribution in [3.05, 3.63) is 65.4 Å². The topological polar surface area (TPSA) is 85.5 Å². The van der Waals surface area contributed by atoms with Crippen molar-refractivity contribution in [2.45, 2.75) is 39.7 Å². The molecular formula is C24H25NO5. The highest BCUT2D eigenvalue weighted by atomic mass is 16.5. The Morgan fingerprint density at radius 1 is 1.03 bits per heavy atom. The number of esters is 1. The lowest BCUT2D eigenvalue weighted by atomic mass is 10.0. The van der Waals surface area contributed by atoms with Crippen molar-refractivity contribution in [1.82, 2.24) is 4.98 Å². The summed E-state index contributed by atoms with van der Waals surface area (Å²) in [6.45, 7) is 5.27. The molecule has 0 fully saturated rings. The molecule has 1 N–H and O–H groups in total. The van der Waals surface area contributed by atoms with E-state index in [1.807, 2.05) is 31.2 Å². The second-order valence-corrected chi connectivity index (χ2v) is 7.20. The van der Waals surface area contributed by atoms with Gasteiger partial charge in [0.15, 0.2) is 11.9 Å². The first-order chi connectivity index (χ1) is 14.4. The van der Waals surface area contributed by atoms with Crippen molar-refractivity contribution in [2.24, 2.45) is 0 Å². The van der Waals surface area contributed by atoms with Gasteiger partial charge in [0.05, 0.1) is 6.61 Å². The van der Waals surface area contributed by atoms with Crippen LogP contribution in [-0.4, -0.2) is 35.2 Å². The first-order valence-corrected chi connectivity index (χ1v) is 9.91. The molecule has 3 rings (SSSR count). The molecule has 0 aliphatic carbocycles. The molecule has 1 aromatic heterocycles. The van der Waals surface area contributed by atoms with E-state index in [1.165, 1.54) is 6.92 Å². The highest BCUT2D eigenvalue weighted by Gasteiger charge is 2.24. The van der Waals surface area contributed by atoms with E-state index >= 15 is 0 Å². The summed E-state index contributed by atoms with van der Waals surface area (Å²) in [6.07, 6.45) is -0.258. The summed E-state index contributed by atoms with van der Waals surface area (Å²) in [5.74, 6) is -0.0356. The minimum absolute atomic E-state index is 0.00390. The van der Waals surface area contributed by atoms with E-state index < -0.39 is 12.1 Å². The Morgan fingerprint density at radius 2 is 1.73 bits per heavy atom. The third-order valence-corrected chi connectivity index (χ3v) is 4.87. The average molecular weight is 407 g/mol. The van der Waals surface area contributed by atoms with Gasteiger partial charge in [-0.1, -0.05) is 18.2 Å². The zero-order valence-corrected chi connectivity index (χ0v) is 17.4. The molecule has 0 spiro atoms. The molecule has 6 heteroatoms. The van der Waals surface area contributed by atoms with Gasteiger partial charge in [-0.15, -0.1) is 0 Å². The maximum atomic E-state index is 12.8. The lowest BCUT2D eigenvalue weighted by molar-refractivity contribution is -0.146. The fraction of sp³-hybridized carbons (Fsp3) is 0.292. The Bertz CT molecular complexity index is 1060. The van der Waals surface area contributed by atoms with Crippen LogP contribution in [0.2, 0.25) is 0 Å². The Hall–Kier alpha value is -3.41. The number of aryl methyl sites for hydroxylation is 1. The van der Waals surface area contributed by atoms with Gasteiger partial charge in [0.25, 0.3) is 0 Å². The second-order valence-electron chi connectivity index (χ2n) is 7.20. The zero-order valence-electron chi connectivity index (χ0n) is 17.4. The number of aromatic amines is 1. The summed E-state index contributed by atoms with van der Waals surface area (Å²) in [7, 11) is 0. The fourth-order valence-electron chi connectivity index (χ4n) is 3.30. The maximum Gasteiger partial charge on any atom is 0.306 e. The number of rotatable bonds is 9. The second kappa shape index (κ2) is 9.39. The maximum absolute atomic E-state index is 12.8. The Labute approximate surface area is 175 Å². The van der Waals surface area contributed by atoms with Crippen LogP contribution in [0.15, 0.2) is 48.5 Å². The average Bonchev–Trinajstić information content (AvgIpc) is 3.06. The van der Waals surface area contributed by atoms with Gasteiger partial charge in [-0.25, -0.2) is 0 Å². The van der Waals surface area contributed by atoms with Gasteiger partial charge in [-0.05, 0) is 57.5 Å². The number of hydrogen-bond donors (Lipinski definition) is 1. The van der Waals surface area contributed by atoms with E-state index in [4.69, 9.17) is 9.47 Å². The van der Waals surface area contributed by atoms with Gasteiger partial charge >= 0.3 is 5.97 Å². The lowest BCUT2D eigenvalue weighted by Gasteiger charge is -2.13. The number of carbonyl (C=O) groups is 3.